The Kier molecular flexibility index (Phi) is 5.21. The van der Waals surface area contributed by atoms with E-state index in [1.807, 2.05) is 44.2 Å². The number of pyridine rings is 1. The number of carbonyl (C=O) groups excluding carboxylic acids is 2. The van der Waals surface area contributed by atoms with Crippen LogP contribution in [0, 0.1) is 13.8 Å². The van der Waals surface area contributed by atoms with E-state index >= 15 is 0 Å². The fourth-order valence-electron chi connectivity index (χ4n) is 3.03. The summed E-state index contributed by atoms with van der Waals surface area (Å²) in [5.41, 5.74) is 3.58. The third kappa shape index (κ3) is 3.97. The summed E-state index contributed by atoms with van der Waals surface area (Å²) >= 11 is 0. The van der Waals surface area contributed by atoms with Crippen LogP contribution >= 0.6 is 0 Å². The van der Waals surface area contributed by atoms with Gasteiger partial charge in [0.2, 0.25) is 5.91 Å². The molecule has 140 valence electrons. The summed E-state index contributed by atoms with van der Waals surface area (Å²) in [6.07, 6.45) is 0. The van der Waals surface area contributed by atoms with Crippen LogP contribution in [0.25, 0.3) is 11.0 Å². The summed E-state index contributed by atoms with van der Waals surface area (Å²) < 4.78 is 1.66. The lowest BCUT2D eigenvalue weighted by Crippen LogP contribution is -2.44. The lowest BCUT2D eigenvalue weighted by molar-refractivity contribution is -0.122. The molecule has 2 heterocycles. The quantitative estimate of drug-likeness (QED) is 0.724. The lowest BCUT2D eigenvalue weighted by Gasteiger charge is -2.15. The number of hydrogen-bond acceptors (Lipinski definition) is 4. The van der Waals surface area contributed by atoms with Gasteiger partial charge in [-0.1, -0.05) is 30.3 Å². The third-order valence-corrected chi connectivity index (χ3v) is 4.39. The number of hydrogen-bond donors (Lipinski definition) is 2. The molecule has 0 spiro atoms. The topological polar surface area (TPSA) is 88.9 Å². The van der Waals surface area contributed by atoms with E-state index in [9.17, 15) is 9.59 Å². The van der Waals surface area contributed by atoms with Gasteiger partial charge in [-0.15, -0.1) is 0 Å². The van der Waals surface area contributed by atoms with Crippen molar-refractivity contribution in [3.63, 3.8) is 0 Å². The number of aromatic nitrogens is 3. The van der Waals surface area contributed by atoms with Crippen LogP contribution in [0.3, 0.4) is 0 Å². The summed E-state index contributed by atoms with van der Waals surface area (Å²) in [7, 11) is 1.79. The first kappa shape index (κ1) is 18.6. The molecule has 27 heavy (non-hydrogen) atoms. The molecule has 0 saturated carbocycles. The SMILES string of the molecule is Cc1cc(C(=O)N[C@@H](C)C(=O)NCc2ccccc2)c2c(C)nn(C)c2n1. The Morgan fingerprint density at radius 2 is 1.89 bits per heavy atom. The number of amides is 2. The molecule has 7 nitrogen and oxygen atoms in total. The highest BCUT2D eigenvalue weighted by molar-refractivity contribution is 6.07. The number of rotatable bonds is 5. The minimum Gasteiger partial charge on any atom is -0.350 e. The van der Waals surface area contributed by atoms with Gasteiger partial charge in [0.1, 0.15) is 6.04 Å². The molecule has 3 rings (SSSR count). The van der Waals surface area contributed by atoms with Crippen molar-refractivity contribution in [3.05, 3.63) is 58.9 Å². The molecule has 2 aromatic heterocycles. The number of fused-ring (bicyclic) bond motifs is 1. The van der Waals surface area contributed by atoms with Gasteiger partial charge in [0.25, 0.3) is 5.91 Å². The van der Waals surface area contributed by atoms with E-state index in [2.05, 4.69) is 20.7 Å². The minimum atomic E-state index is -0.665. The normalized spacial score (nSPS) is 12.0. The molecule has 0 aliphatic heterocycles. The fourth-order valence-corrected chi connectivity index (χ4v) is 3.03. The lowest BCUT2D eigenvalue weighted by atomic mass is 10.1. The Hall–Kier alpha value is -3.22. The van der Waals surface area contributed by atoms with Gasteiger partial charge >= 0.3 is 0 Å². The second-order valence-corrected chi connectivity index (χ2v) is 6.62. The molecule has 2 amide bonds. The van der Waals surface area contributed by atoms with Crippen LogP contribution in [-0.2, 0) is 18.4 Å². The van der Waals surface area contributed by atoms with Gasteiger partial charge in [0.15, 0.2) is 5.65 Å². The maximum Gasteiger partial charge on any atom is 0.252 e. The van der Waals surface area contributed by atoms with E-state index < -0.39 is 6.04 Å². The highest BCUT2D eigenvalue weighted by Gasteiger charge is 2.21. The second kappa shape index (κ2) is 7.57. The number of aryl methyl sites for hydroxylation is 3. The van der Waals surface area contributed by atoms with Gasteiger partial charge in [-0.25, -0.2) is 4.98 Å². The zero-order chi connectivity index (χ0) is 19.6. The molecule has 0 radical (unpaired) electrons. The van der Waals surface area contributed by atoms with Crippen molar-refractivity contribution in [2.75, 3.05) is 0 Å². The van der Waals surface area contributed by atoms with Gasteiger partial charge in [0.05, 0.1) is 16.6 Å². The average Bonchev–Trinajstić information content (AvgIpc) is 2.93. The number of carbonyl (C=O) groups is 2. The summed E-state index contributed by atoms with van der Waals surface area (Å²) in [5, 5.41) is 10.7. The molecule has 0 fully saturated rings. The maximum absolute atomic E-state index is 12.8. The maximum atomic E-state index is 12.8. The van der Waals surface area contributed by atoms with Gasteiger partial charge in [-0.3, -0.25) is 14.3 Å². The Balaban J connectivity index is 1.73. The van der Waals surface area contributed by atoms with Crippen LogP contribution in [0.2, 0.25) is 0 Å². The number of nitrogens with zero attached hydrogens (tertiary/aromatic N) is 3. The van der Waals surface area contributed by atoms with Crippen LogP contribution < -0.4 is 10.6 Å². The highest BCUT2D eigenvalue weighted by atomic mass is 16.2. The van der Waals surface area contributed by atoms with Gasteiger partial charge in [-0.05, 0) is 32.4 Å². The molecule has 0 saturated heterocycles. The van der Waals surface area contributed by atoms with E-state index in [4.69, 9.17) is 0 Å². The van der Waals surface area contributed by atoms with E-state index in [0.717, 1.165) is 17.0 Å². The zero-order valence-electron chi connectivity index (χ0n) is 15.9. The van der Waals surface area contributed by atoms with Crippen molar-refractivity contribution in [2.24, 2.45) is 7.05 Å². The van der Waals surface area contributed by atoms with Crippen molar-refractivity contribution in [3.8, 4) is 0 Å². The molecule has 1 atom stereocenters. The first-order chi connectivity index (χ1) is 12.9. The van der Waals surface area contributed by atoms with Crippen LogP contribution in [0.15, 0.2) is 36.4 Å². The molecule has 0 aliphatic rings. The van der Waals surface area contributed by atoms with E-state index in [-0.39, 0.29) is 11.8 Å². The highest BCUT2D eigenvalue weighted by Crippen LogP contribution is 2.21. The zero-order valence-corrected chi connectivity index (χ0v) is 15.9. The molecule has 3 aromatic rings. The minimum absolute atomic E-state index is 0.239. The monoisotopic (exact) mass is 365 g/mol. The Labute approximate surface area is 157 Å². The largest absolute Gasteiger partial charge is 0.350 e. The standard InChI is InChI=1S/C20H23N5O2/c1-12-10-16(17-13(2)24-25(4)18(17)22-12)20(27)23-14(3)19(26)21-11-15-8-6-5-7-9-15/h5-10,14H,11H2,1-4H3,(H,21,26)(H,23,27)/t14-/m0/s1. The van der Waals surface area contributed by atoms with Crippen molar-refractivity contribution in [1.29, 1.82) is 0 Å². The Bertz CT molecular complexity index is 995. The first-order valence-electron chi connectivity index (χ1n) is 8.80. The Morgan fingerprint density at radius 3 is 2.59 bits per heavy atom. The van der Waals surface area contributed by atoms with Gasteiger partial charge in [0, 0.05) is 19.3 Å². The molecule has 0 unspecified atom stereocenters. The predicted octanol–water partition coefficient (Wildman–Crippen LogP) is 2.02. The molecular formula is C20H23N5O2. The molecule has 1 aromatic carbocycles. The van der Waals surface area contributed by atoms with Crippen LogP contribution in [0.5, 0.6) is 0 Å². The van der Waals surface area contributed by atoms with Gasteiger partial charge in [-0.2, -0.15) is 5.10 Å². The van der Waals surface area contributed by atoms with Crippen molar-refractivity contribution < 1.29 is 9.59 Å². The van der Waals surface area contributed by atoms with Crippen LogP contribution in [0.4, 0.5) is 0 Å². The van der Waals surface area contributed by atoms with E-state index in [1.54, 1.807) is 24.7 Å². The summed E-state index contributed by atoms with van der Waals surface area (Å²) in [4.78, 5) is 29.6. The summed E-state index contributed by atoms with van der Waals surface area (Å²) in [5.74, 6) is -0.555. The first-order valence-corrected chi connectivity index (χ1v) is 8.80. The molecule has 7 heteroatoms. The van der Waals surface area contributed by atoms with Crippen LogP contribution in [-0.4, -0.2) is 32.6 Å². The smallest absolute Gasteiger partial charge is 0.252 e. The second-order valence-electron chi connectivity index (χ2n) is 6.62. The molecule has 0 bridgehead atoms. The number of benzene rings is 1. The van der Waals surface area contributed by atoms with Crippen molar-refractivity contribution in [1.82, 2.24) is 25.4 Å². The predicted molar refractivity (Wildman–Crippen MR) is 103 cm³/mol. The third-order valence-electron chi connectivity index (χ3n) is 4.39. The van der Waals surface area contributed by atoms with Crippen molar-refractivity contribution >= 4 is 22.8 Å². The van der Waals surface area contributed by atoms with Gasteiger partial charge < -0.3 is 10.6 Å². The number of nitrogens with one attached hydrogen (secondary N) is 2. The van der Waals surface area contributed by atoms with Crippen molar-refractivity contribution in [2.45, 2.75) is 33.4 Å². The average molecular weight is 365 g/mol. The Morgan fingerprint density at radius 1 is 1.19 bits per heavy atom. The summed E-state index contributed by atoms with van der Waals surface area (Å²) in [6, 6.07) is 10.7. The summed E-state index contributed by atoms with van der Waals surface area (Å²) in [6.45, 7) is 5.75. The molecule has 0 aliphatic carbocycles. The fraction of sp³-hybridized carbons (Fsp3) is 0.300. The molecular weight excluding hydrogens is 342 g/mol. The molecule has 2 N–H and O–H groups in total. The van der Waals surface area contributed by atoms with Crippen LogP contribution in [0.1, 0.15) is 34.2 Å². The van der Waals surface area contributed by atoms with E-state index in [0.29, 0.717) is 23.1 Å². The van der Waals surface area contributed by atoms with E-state index in [1.165, 1.54) is 0 Å².